The maximum atomic E-state index is 13.4. The average molecular weight is 530 g/mol. The van der Waals surface area contributed by atoms with Gasteiger partial charge in [0.05, 0.1) is 37.2 Å². The van der Waals surface area contributed by atoms with Gasteiger partial charge < -0.3 is 19.5 Å². The molecular weight excluding hydrogens is 482 g/mol. The Hall–Kier alpha value is -2.83. The number of methoxy groups -OCH3 is 1. The minimum absolute atomic E-state index is 0.0715. The van der Waals surface area contributed by atoms with Gasteiger partial charge in [-0.3, -0.25) is 14.4 Å². The molecule has 7 heteroatoms. The van der Waals surface area contributed by atoms with Gasteiger partial charge in [0.1, 0.15) is 5.60 Å². The Labute approximate surface area is 228 Å². The molecule has 0 saturated heterocycles. The van der Waals surface area contributed by atoms with Crippen molar-refractivity contribution < 1.29 is 28.6 Å². The molecule has 2 aliphatic carbocycles. The summed E-state index contributed by atoms with van der Waals surface area (Å²) in [5.74, 6) is -0.435. The molecule has 0 bridgehead atoms. The number of rotatable bonds is 15. The Balaban J connectivity index is 1.97. The maximum Gasteiger partial charge on any atom is 0.311 e. The first kappa shape index (κ1) is 31.4. The van der Waals surface area contributed by atoms with Gasteiger partial charge in [-0.15, -0.1) is 0 Å². The van der Waals surface area contributed by atoms with E-state index in [4.69, 9.17) is 14.2 Å². The summed E-state index contributed by atoms with van der Waals surface area (Å²) in [4.78, 5) is 39.1. The lowest BCUT2D eigenvalue weighted by Crippen LogP contribution is -2.44. The van der Waals surface area contributed by atoms with Crippen LogP contribution in [-0.2, 0) is 28.6 Å². The summed E-state index contributed by atoms with van der Waals surface area (Å²) in [7, 11) is 1.65. The molecule has 2 aliphatic rings. The number of amides is 1. The summed E-state index contributed by atoms with van der Waals surface area (Å²) in [5, 5.41) is 3.01. The number of carbonyl (C=O) groups excluding carboxylic acids is 3. The Kier molecular flexibility index (Phi) is 12.8. The zero-order chi connectivity index (χ0) is 28.0. The first-order valence-electron chi connectivity index (χ1n) is 14.0. The number of carbonyl (C=O) groups is 3. The van der Waals surface area contributed by atoms with Crippen molar-refractivity contribution in [3.8, 4) is 0 Å². The number of hydrogen-bond donors (Lipinski definition) is 1. The van der Waals surface area contributed by atoms with Crippen molar-refractivity contribution in [3.63, 3.8) is 0 Å². The van der Waals surface area contributed by atoms with Crippen LogP contribution in [0.1, 0.15) is 91.4 Å². The Bertz CT molecular complexity index is 902. The van der Waals surface area contributed by atoms with Crippen molar-refractivity contribution in [3.05, 3.63) is 48.3 Å². The second-order valence-electron chi connectivity index (χ2n) is 11.4. The second-order valence-corrected chi connectivity index (χ2v) is 11.4. The fourth-order valence-electron chi connectivity index (χ4n) is 4.95. The van der Waals surface area contributed by atoms with Crippen LogP contribution in [0.15, 0.2) is 48.3 Å². The van der Waals surface area contributed by atoms with Gasteiger partial charge in [0, 0.05) is 13.0 Å². The number of nitrogens with one attached hydrogen (secondary N) is 1. The molecular formula is C31H47NO6. The van der Waals surface area contributed by atoms with Crippen LogP contribution in [0.2, 0.25) is 0 Å². The quantitative estimate of drug-likeness (QED) is 0.156. The van der Waals surface area contributed by atoms with Gasteiger partial charge in [-0.1, -0.05) is 49.3 Å². The van der Waals surface area contributed by atoms with Crippen molar-refractivity contribution >= 4 is 17.8 Å². The molecule has 38 heavy (non-hydrogen) atoms. The van der Waals surface area contributed by atoms with Crippen molar-refractivity contribution in [1.82, 2.24) is 5.32 Å². The molecule has 7 nitrogen and oxygen atoms in total. The molecule has 0 aromatic carbocycles. The molecule has 0 aromatic heterocycles. The summed E-state index contributed by atoms with van der Waals surface area (Å²) < 4.78 is 16.4. The monoisotopic (exact) mass is 529 g/mol. The number of ether oxygens (including phenoxy) is 3. The van der Waals surface area contributed by atoms with E-state index in [2.05, 4.69) is 11.9 Å². The fraction of sp³-hybridized carbons (Fsp3) is 0.645. The molecule has 1 fully saturated rings. The van der Waals surface area contributed by atoms with E-state index < -0.39 is 16.9 Å². The highest BCUT2D eigenvalue weighted by molar-refractivity contribution is 5.88. The van der Waals surface area contributed by atoms with Crippen LogP contribution in [-0.4, -0.2) is 43.7 Å². The molecule has 212 valence electrons. The molecule has 1 amide bonds. The zero-order valence-electron chi connectivity index (χ0n) is 23.8. The maximum absolute atomic E-state index is 13.4. The highest BCUT2D eigenvalue weighted by Crippen LogP contribution is 2.42. The van der Waals surface area contributed by atoms with E-state index in [1.807, 2.05) is 45.1 Å². The summed E-state index contributed by atoms with van der Waals surface area (Å²) in [6.45, 7) is 9.68. The van der Waals surface area contributed by atoms with E-state index in [1.54, 1.807) is 13.2 Å². The standard InChI is InChI=1S/C31H47NO6/c1-6-7-8-9-10-13-20-37-27(33)22-31(18-11-12-19-31)29(35)32-23-25(28(34)38-30(2,3)4)21-24-14-16-26(36-5)17-15-24/h6-8,14,16,25H,1,9-13,15,17-23H2,2-5H3,(H,32,35)/b8-7-. The number of esters is 2. The van der Waals surface area contributed by atoms with E-state index in [0.29, 0.717) is 25.9 Å². The van der Waals surface area contributed by atoms with Gasteiger partial charge >= 0.3 is 11.9 Å². The van der Waals surface area contributed by atoms with Crippen molar-refractivity contribution in [1.29, 1.82) is 0 Å². The van der Waals surface area contributed by atoms with Crippen molar-refractivity contribution in [2.75, 3.05) is 20.3 Å². The normalized spacial score (nSPS) is 17.8. The Morgan fingerprint density at radius 3 is 2.47 bits per heavy atom. The smallest absolute Gasteiger partial charge is 0.311 e. The van der Waals surface area contributed by atoms with E-state index in [-0.39, 0.29) is 30.8 Å². The minimum atomic E-state index is -0.775. The van der Waals surface area contributed by atoms with Gasteiger partial charge in [-0.25, -0.2) is 0 Å². The van der Waals surface area contributed by atoms with Gasteiger partial charge in [0.15, 0.2) is 0 Å². The minimum Gasteiger partial charge on any atom is -0.501 e. The fourth-order valence-corrected chi connectivity index (χ4v) is 4.95. The SMILES string of the molecule is C=C/C=C\CCCCOC(=O)CC1(C(=O)NCC(CC2=CC=C(OC)CC2)C(=O)OC(C)(C)C)CCCC1. The predicted octanol–water partition coefficient (Wildman–Crippen LogP) is 6.11. The first-order chi connectivity index (χ1) is 18.1. The number of unbranched alkanes of at least 4 members (excludes halogenated alkanes) is 2. The number of allylic oxidation sites excluding steroid dienone is 7. The van der Waals surface area contributed by atoms with Crippen molar-refractivity contribution in [2.45, 2.75) is 97.0 Å². The molecule has 0 aromatic rings. The van der Waals surface area contributed by atoms with E-state index in [1.165, 1.54) is 0 Å². The third-order valence-electron chi connectivity index (χ3n) is 7.04. The van der Waals surface area contributed by atoms with Crippen LogP contribution >= 0.6 is 0 Å². The van der Waals surface area contributed by atoms with Crippen LogP contribution in [0.4, 0.5) is 0 Å². The average Bonchev–Trinajstić information content (AvgIpc) is 3.34. The molecule has 0 aliphatic heterocycles. The predicted molar refractivity (Wildman–Crippen MR) is 149 cm³/mol. The Morgan fingerprint density at radius 2 is 1.87 bits per heavy atom. The summed E-state index contributed by atoms with van der Waals surface area (Å²) in [5.41, 5.74) is -0.278. The molecule has 1 atom stereocenters. The summed E-state index contributed by atoms with van der Waals surface area (Å²) in [6, 6.07) is 0. The summed E-state index contributed by atoms with van der Waals surface area (Å²) >= 11 is 0. The molecule has 0 spiro atoms. The third kappa shape index (κ3) is 10.9. The van der Waals surface area contributed by atoms with E-state index >= 15 is 0 Å². The first-order valence-corrected chi connectivity index (χ1v) is 14.0. The highest BCUT2D eigenvalue weighted by atomic mass is 16.6. The number of hydrogen-bond acceptors (Lipinski definition) is 6. The third-order valence-corrected chi connectivity index (χ3v) is 7.04. The van der Waals surface area contributed by atoms with Crippen LogP contribution in [0.3, 0.4) is 0 Å². The molecule has 0 heterocycles. The second kappa shape index (κ2) is 15.6. The van der Waals surface area contributed by atoms with Gasteiger partial charge in [-0.2, -0.15) is 0 Å². The van der Waals surface area contributed by atoms with Crippen LogP contribution in [0.5, 0.6) is 0 Å². The highest BCUT2D eigenvalue weighted by Gasteiger charge is 2.43. The zero-order valence-corrected chi connectivity index (χ0v) is 23.8. The van der Waals surface area contributed by atoms with Gasteiger partial charge in [0.25, 0.3) is 0 Å². The van der Waals surface area contributed by atoms with E-state index in [9.17, 15) is 14.4 Å². The molecule has 0 radical (unpaired) electrons. The molecule has 1 N–H and O–H groups in total. The van der Waals surface area contributed by atoms with Crippen molar-refractivity contribution in [2.24, 2.45) is 11.3 Å². The molecule has 1 saturated carbocycles. The topological polar surface area (TPSA) is 90.9 Å². The van der Waals surface area contributed by atoms with Crippen LogP contribution in [0.25, 0.3) is 0 Å². The lowest BCUT2D eigenvalue weighted by atomic mass is 9.81. The van der Waals surface area contributed by atoms with E-state index in [0.717, 1.165) is 56.3 Å². The van der Waals surface area contributed by atoms with Crippen LogP contribution in [0, 0.1) is 11.3 Å². The molecule has 2 rings (SSSR count). The van der Waals surface area contributed by atoms with Gasteiger partial charge in [0.2, 0.25) is 5.91 Å². The van der Waals surface area contributed by atoms with Gasteiger partial charge in [-0.05, 0) is 71.8 Å². The largest absolute Gasteiger partial charge is 0.501 e. The molecule has 1 unspecified atom stereocenters. The van der Waals surface area contributed by atoms with Crippen LogP contribution < -0.4 is 5.32 Å². The lowest BCUT2D eigenvalue weighted by Gasteiger charge is -2.29. The Morgan fingerprint density at radius 1 is 1.13 bits per heavy atom. The lowest BCUT2D eigenvalue weighted by molar-refractivity contribution is -0.160. The summed E-state index contributed by atoms with van der Waals surface area (Å²) in [6.07, 6.45) is 17.5.